The van der Waals surface area contributed by atoms with Crippen molar-refractivity contribution in [3.05, 3.63) is 18.6 Å². The Morgan fingerprint density at radius 2 is 2.53 bits per heavy atom. The van der Waals surface area contributed by atoms with Gasteiger partial charge in [0.1, 0.15) is 12.1 Å². The Bertz CT molecular complexity index is 307. The zero-order valence-corrected chi connectivity index (χ0v) is 8.71. The van der Waals surface area contributed by atoms with Gasteiger partial charge in [0.2, 0.25) is 0 Å². The quantitative estimate of drug-likeness (QED) is 0.746. The summed E-state index contributed by atoms with van der Waals surface area (Å²) in [6.07, 6.45) is 3.14. The van der Waals surface area contributed by atoms with E-state index in [0.29, 0.717) is 13.2 Å². The van der Waals surface area contributed by atoms with Gasteiger partial charge in [-0.25, -0.2) is 9.97 Å². The Kier molecular flexibility index (Phi) is 3.13. The fourth-order valence-electron chi connectivity index (χ4n) is 1.70. The molecule has 0 spiro atoms. The van der Waals surface area contributed by atoms with Crippen molar-refractivity contribution in [3.8, 4) is 0 Å². The van der Waals surface area contributed by atoms with E-state index in [1.54, 1.807) is 6.20 Å². The van der Waals surface area contributed by atoms with Crippen LogP contribution < -0.4 is 4.90 Å². The lowest BCUT2D eigenvalue weighted by Gasteiger charge is -2.38. The van der Waals surface area contributed by atoms with Gasteiger partial charge in [-0.05, 0) is 13.0 Å². The fourth-order valence-corrected chi connectivity index (χ4v) is 1.70. The number of hydrogen-bond donors (Lipinski definition) is 1. The first kappa shape index (κ1) is 10.3. The average molecular weight is 209 g/mol. The molecule has 0 saturated carbocycles. The molecule has 1 aliphatic heterocycles. The number of rotatable bonds is 2. The van der Waals surface area contributed by atoms with Crippen LogP contribution in [0, 0.1) is 0 Å². The number of anilines is 1. The zero-order valence-electron chi connectivity index (χ0n) is 8.71. The number of ether oxygens (including phenoxy) is 1. The first-order chi connectivity index (χ1) is 7.31. The summed E-state index contributed by atoms with van der Waals surface area (Å²) in [6, 6.07) is 2.15. The first-order valence-corrected chi connectivity index (χ1v) is 5.06. The van der Waals surface area contributed by atoms with E-state index in [1.165, 1.54) is 6.33 Å². The molecule has 1 aliphatic rings. The number of aliphatic hydroxyl groups excluding tert-OH is 1. The molecule has 0 radical (unpaired) electrons. The lowest BCUT2D eigenvalue weighted by molar-refractivity contribution is -0.0105. The van der Waals surface area contributed by atoms with Crippen molar-refractivity contribution in [2.24, 2.45) is 0 Å². The third-order valence-electron chi connectivity index (χ3n) is 2.57. The summed E-state index contributed by atoms with van der Waals surface area (Å²) in [4.78, 5) is 10.2. The first-order valence-electron chi connectivity index (χ1n) is 5.06. The normalized spacial score (nSPS) is 26.7. The zero-order chi connectivity index (χ0) is 10.7. The van der Waals surface area contributed by atoms with Gasteiger partial charge in [-0.2, -0.15) is 0 Å². The maximum Gasteiger partial charge on any atom is 0.132 e. The van der Waals surface area contributed by atoms with Crippen LogP contribution in [0.5, 0.6) is 0 Å². The molecule has 2 heterocycles. The highest BCUT2D eigenvalue weighted by Crippen LogP contribution is 2.18. The Labute approximate surface area is 88.7 Å². The maximum absolute atomic E-state index is 9.06. The van der Waals surface area contributed by atoms with Crippen molar-refractivity contribution < 1.29 is 9.84 Å². The molecule has 5 nitrogen and oxygen atoms in total. The molecule has 1 fully saturated rings. The van der Waals surface area contributed by atoms with Gasteiger partial charge >= 0.3 is 0 Å². The van der Waals surface area contributed by atoms with Crippen LogP contribution in [0.3, 0.4) is 0 Å². The van der Waals surface area contributed by atoms with E-state index in [4.69, 9.17) is 9.84 Å². The van der Waals surface area contributed by atoms with Crippen LogP contribution in [0.25, 0.3) is 0 Å². The molecule has 1 aromatic rings. The molecule has 2 unspecified atom stereocenters. The van der Waals surface area contributed by atoms with Crippen molar-refractivity contribution in [1.82, 2.24) is 9.97 Å². The third-order valence-corrected chi connectivity index (χ3v) is 2.57. The standard InChI is InChI=1S/C10H15N3O2/c1-8-6-15-9(5-14)4-13(8)10-2-3-11-7-12-10/h2-3,7-9,14H,4-6H2,1H3. The molecular weight excluding hydrogens is 194 g/mol. The molecule has 1 aromatic heterocycles. The molecule has 1 saturated heterocycles. The van der Waals surface area contributed by atoms with Crippen LogP contribution >= 0.6 is 0 Å². The van der Waals surface area contributed by atoms with Gasteiger partial charge in [0.15, 0.2) is 0 Å². The van der Waals surface area contributed by atoms with Gasteiger partial charge in [0.25, 0.3) is 0 Å². The lowest BCUT2D eigenvalue weighted by Crippen LogP contribution is -2.49. The molecule has 1 N–H and O–H groups in total. The van der Waals surface area contributed by atoms with Crippen molar-refractivity contribution >= 4 is 5.82 Å². The van der Waals surface area contributed by atoms with Gasteiger partial charge in [0, 0.05) is 12.7 Å². The highest BCUT2D eigenvalue weighted by Gasteiger charge is 2.26. The van der Waals surface area contributed by atoms with Gasteiger partial charge in [-0.3, -0.25) is 0 Å². The van der Waals surface area contributed by atoms with Crippen LogP contribution in [0.4, 0.5) is 5.82 Å². The summed E-state index contributed by atoms with van der Waals surface area (Å²) in [5.74, 6) is 0.888. The second-order valence-corrected chi connectivity index (χ2v) is 3.71. The molecule has 0 aliphatic carbocycles. The van der Waals surface area contributed by atoms with E-state index in [2.05, 4.69) is 21.8 Å². The van der Waals surface area contributed by atoms with E-state index in [0.717, 1.165) is 5.82 Å². The average Bonchev–Trinajstić information content (AvgIpc) is 2.31. The molecule has 0 bridgehead atoms. The second kappa shape index (κ2) is 4.55. The summed E-state index contributed by atoms with van der Waals surface area (Å²) in [6.45, 7) is 3.42. The van der Waals surface area contributed by atoms with Gasteiger partial charge < -0.3 is 14.7 Å². The fraction of sp³-hybridized carbons (Fsp3) is 0.600. The Hall–Kier alpha value is -1.20. The van der Waals surface area contributed by atoms with Crippen LogP contribution in [0.2, 0.25) is 0 Å². The van der Waals surface area contributed by atoms with Crippen LogP contribution in [0.1, 0.15) is 6.92 Å². The largest absolute Gasteiger partial charge is 0.394 e. The lowest BCUT2D eigenvalue weighted by atomic mass is 10.2. The Morgan fingerprint density at radius 3 is 3.20 bits per heavy atom. The molecule has 82 valence electrons. The van der Waals surface area contributed by atoms with Crippen molar-refractivity contribution in [2.45, 2.75) is 19.1 Å². The third kappa shape index (κ3) is 2.24. The van der Waals surface area contributed by atoms with Gasteiger partial charge in [-0.1, -0.05) is 0 Å². The minimum atomic E-state index is -0.115. The second-order valence-electron chi connectivity index (χ2n) is 3.71. The molecule has 2 rings (SSSR count). The number of aliphatic hydroxyl groups is 1. The molecule has 5 heteroatoms. The van der Waals surface area contributed by atoms with E-state index in [1.807, 2.05) is 6.07 Å². The van der Waals surface area contributed by atoms with Crippen LogP contribution in [0.15, 0.2) is 18.6 Å². The van der Waals surface area contributed by atoms with Gasteiger partial charge in [0.05, 0.1) is 25.4 Å². The highest BCUT2D eigenvalue weighted by molar-refractivity contribution is 5.38. The monoisotopic (exact) mass is 209 g/mol. The predicted octanol–water partition coefficient (Wildman–Crippen LogP) is 0.0626. The number of aromatic nitrogens is 2. The van der Waals surface area contributed by atoms with Crippen molar-refractivity contribution in [3.63, 3.8) is 0 Å². The van der Waals surface area contributed by atoms with E-state index in [9.17, 15) is 0 Å². The number of morpholine rings is 1. The molecular formula is C10H15N3O2. The summed E-state index contributed by atoms with van der Waals surface area (Å²) in [7, 11) is 0. The summed E-state index contributed by atoms with van der Waals surface area (Å²) < 4.78 is 5.46. The molecule has 2 atom stereocenters. The minimum Gasteiger partial charge on any atom is -0.394 e. The Morgan fingerprint density at radius 1 is 1.67 bits per heavy atom. The van der Waals surface area contributed by atoms with E-state index >= 15 is 0 Å². The van der Waals surface area contributed by atoms with Crippen molar-refractivity contribution in [1.29, 1.82) is 0 Å². The van der Waals surface area contributed by atoms with Gasteiger partial charge in [-0.15, -0.1) is 0 Å². The maximum atomic E-state index is 9.06. The molecule has 15 heavy (non-hydrogen) atoms. The molecule has 0 aromatic carbocycles. The SMILES string of the molecule is CC1COC(CO)CN1c1ccncn1. The smallest absolute Gasteiger partial charge is 0.132 e. The van der Waals surface area contributed by atoms with E-state index < -0.39 is 0 Å². The van der Waals surface area contributed by atoms with Crippen molar-refractivity contribution in [2.75, 3.05) is 24.7 Å². The topological polar surface area (TPSA) is 58.5 Å². The summed E-state index contributed by atoms with van der Waals surface area (Å²) >= 11 is 0. The van der Waals surface area contributed by atoms with Crippen LogP contribution in [-0.4, -0.2) is 47.0 Å². The number of nitrogens with zero attached hydrogens (tertiary/aromatic N) is 3. The Balaban J connectivity index is 2.13. The summed E-state index contributed by atoms with van der Waals surface area (Å²) in [5.41, 5.74) is 0. The highest BCUT2D eigenvalue weighted by atomic mass is 16.5. The van der Waals surface area contributed by atoms with E-state index in [-0.39, 0.29) is 18.8 Å². The number of hydrogen-bond acceptors (Lipinski definition) is 5. The molecule has 0 amide bonds. The summed E-state index contributed by atoms with van der Waals surface area (Å²) in [5, 5.41) is 9.06. The van der Waals surface area contributed by atoms with Crippen LogP contribution in [-0.2, 0) is 4.74 Å². The predicted molar refractivity (Wildman–Crippen MR) is 55.7 cm³/mol. The minimum absolute atomic E-state index is 0.0499.